The highest BCUT2D eigenvalue weighted by Gasteiger charge is 2.17. The lowest BCUT2D eigenvalue weighted by molar-refractivity contribution is 0.0519. The molecule has 1 heterocycles. The third-order valence-electron chi connectivity index (χ3n) is 3.81. The van der Waals surface area contributed by atoms with E-state index in [1.807, 2.05) is 30.3 Å². The minimum Gasteiger partial charge on any atom is -0.461 e. The molecule has 0 aliphatic rings. The van der Waals surface area contributed by atoms with Crippen molar-refractivity contribution in [3.63, 3.8) is 0 Å². The lowest BCUT2D eigenvalue weighted by Crippen LogP contribution is -2.06. The Morgan fingerprint density at radius 2 is 1.64 bits per heavy atom. The van der Waals surface area contributed by atoms with Crippen molar-refractivity contribution in [1.29, 1.82) is 0 Å². The van der Waals surface area contributed by atoms with Gasteiger partial charge in [-0.2, -0.15) is 0 Å². The van der Waals surface area contributed by atoms with E-state index in [9.17, 15) is 9.59 Å². The summed E-state index contributed by atoms with van der Waals surface area (Å²) in [6, 6.07) is 16.3. The van der Waals surface area contributed by atoms with Crippen LogP contribution in [0.15, 0.2) is 54.6 Å². The van der Waals surface area contributed by atoms with Crippen molar-refractivity contribution in [3.8, 4) is 11.4 Å². The molecule has 0 aliphatic heterocycles. The summed E-state index contributed by atoms with van der Waals surface area (Å²) in [7, 11) is 0. The highest BCUT2D eigenvalue weighted by molar-refractivity contribution is 6.09. The zero-order valence-corrected chi connectivity index (χ0v) is 14.1. The van der Waals surface area contributed by atoms with E-state index in [1.54, 1.807) is 38.1 Å². The normalized spacial score (nSPS) is 10.5. The van der Waals surface area contributed by atoms with Crippen LogP contribution in [0.25, 0.3) is 11.4 Å². The summed E-state index contributed by atoms with van der Waals surface area (Å²) in [5.41, 5.74) is 2.97. The maximum absolute atomic E-state index is 12.4. The molecule has 0 saturated heterocycles. The van der Waals surface area contributed by atoms with Crippen molar-refractivity contribution < 1.29 is 14.3 Å². The van der Waals surface area contributed by atoms with Gasteiger partial charge in [0.15, 0.2) is 11.5 Å². The number of H-pyrrole nitrogens is 1. The number of ketones is 1. The third kappa shape index (κ3) is 3.50. The van der Waals surface area contributed by atoms with E-state index in [2.05, 4.69) is 9.97 Å². The molecule has 3 aromatic rings. The van der Waals surface area contributed by atoms with Gasteiger partial charge >= 0.3 is 5.97 Å². The van der Waals surface area contributed by atoms with Gasteiger partial charge in [-0.25, -0.2) is 9.78 Å². The Kier molecular flexibility index (Phi) is 4.75. The number of hydrogen-bond acceptors (Lipinski definition) is 4. The molecular weight excluding hydrogens is 316 g/mol. The summed E-state index contributed by atoms with van der Waals surface area (Å²) in [5, 5.41) is 0. The number of carbonyl (C=O) groups excluding carboxylic acids is 2. The molecule has 2 aromatic carbocycles. The van der Waals surface area contributed by atoms with E-state index in [0.29, 0.717) is 29.3 Å². The Labute approximate surface area is 145 Å². The molecule has 3 rings (SSSR count). The number of rotatable bonds is 5. The summed E-state index contributed by atoms with van der Waals surface area (Å²) in [4.78, 5) is 31.7. The number of nitrogens with one attached hydrogen (secondary N) is 1. The number of aryl methyl sites for hydroxylation is 1. The summed E-state index contributed by atoms with van der Waals surface area (Å²) >= 11 is 0. The van der Waals surface area contributed by atoms with Gasteiger partial charge in [0.25, 0.3) is 0 Å². The molecule has 0 radical (unpaired) electrons. The quantitative estimate of drug-likeness (QED) is 0.569. The monoisotopic (exact) mass is 334 g/mol. The van der Waals surface area contributed by atoms with Crippen LogP contribution in [0.2, 0.25) is 0 Å². The highest BCUT2D eigenvalue weighted by Crippen LogP contribution is 2.20. The molecule has 0 amide bonds. The number of ether oxygens (including phenoxy) is 1. The second-order valence-electron chi connectivity index (χ2n) is 5.55. The van der Waals surface area contributed by atoms with Crippen molar-refractivity contribution in [1.82, 2.24) is 9.97 Å². The van der Waals surface area contributed by atoms with Crippen LogP contribution in [0.3, 0.4) is 0 Å². The fourth-order valence-electron chi connectivity index (χ4n) is 2.53. The van der Waals surface area contributed by atoms with Crippen LogP contribution >= 0.6 is 0 Å². The fraction of sp³-hybridized carbons (Fsp3) is 0.150. The number of hydrogen-bond donors (Lipinski definition) is 1. The van der Waals surface area contributed by atoms with E-state index in [0.717, 1.165) is 5.56 Å². The number of aromatic amines is 1. The van der Waals surface area contributed by atoms with E-state index in [4.69, 9.17) is 4.74 Å². The number of aromatic nitrogens is 2. The summed E-state index contributed by atoms with van der Waals surface area (Å²) in [6.45, 7) is 3.83. The lowest BCUT2D eigenvalue weighted by atomic mass is 10.0. The van der Waals surface area contributed by atoms with Gasteiger partial charge in [-0.1, -0.05) is 54.6 Å². The van der Waals surface area contributed by atoms with Crippen molar-refractivity contribution >= 4 is 11.8 Å². The average molecular weight is 334 g/mol. The largest absolute Gasteiger partial charge is 0.461 e. The SMILES string of the molecule is CCOC(=O)c1nc(-c2ccc(C(=O)c3ccccc3)cc2)[nH]c1C. The van der Waals surface area contributed by atoms with Crippen molar-refractivity contribution in [3.05, 3.63) is 77.1 Å². The van der Waals surface area contributed by atoms with Crippen LogP contribution < -0.4 is 0 Å². The van der Waals surface area contributed by atoms with E-state index < -0.39 is 5.97 Å². The molecule has 126 valence electrons. The minimum atomic E-state index is -0.446. The van der Waals surface area contributed by atoms with Crippen LogP contribution in [-0.2, 0) is 4.74 Å². The van der Waals surface area contributed by atoms with E-state index >= 15 is 0 Å². The molecule has 0 atom stereocenters. The van der Waals surface area contributed by atoms with Gasteiger partial charge in [-0.3, -0.25) is 4.79 Å². The Morgan fingerprint density at radius 3 is 2.28 bits per heavy atom. The summed E-state index contributed by atoms with van der Waals surface area (Å²) in [6.07, 6.45) is 0. The molecule has 0 spiro atoms. The van der Waals surface area contributed by atoms with Crippen LogP contribution in [-0.4, -0.2) is 28.3 Å². The molecule has 0 unspecified atom stereocenters. The topological polar surface area (TPSA) is 72.0 Å². The molecular formula is C20H18N2O3. The number of nitrogens with zero attached hydrogens (tertiary/aromatic N) is 1. The number of benzene rings is 2. The minimum absolute atomic E-state index is 0.0324. The Morgan fingerprint density at radius 1 is 1.00 bits per heavy atom. The molecule has 5 heteroatoms. The predicted molar refractivity (Wildman–Crippen MR) is 94.6 cm³/mol. The molecule has 0 aliphatic carbocycles. The first-order valence-electron chi connectivity index (χ1n) is 8.04. The van der Waals surface area contributed by atoms with Crippen LogP contribution in [0.4, 0.5) is 0 Å². The smallest absolute Gasteiger partial charge is 0.358 e. The summed E-state index contributed by atoms with van der Waals surface area (Å²) < 4.78 is 4.99. The first kappa shape index (κ1) is 16.6. The van der Waals surface area contributed by atoms with Crippen LogP contribution in [0.5, 0.6) is 0 Å². The first-order chi connectivity index (χ1) is 12.1. The Bertz CT molecular complexity index is 896. The van der Waals surface area contributed by atoms with Crippen LogP contribution in [0, 0.1) is 6.92 Å². The zero-order chi connectivity index (χ0) is 17.8. The maximum Gasteiger partial charge on any atom is 0.358 e. The first-order valence-corrected chi connectivity index (χ1v) is 8.04. The van der Waals surface area contributed by atoms with Gasteiger partial charge in [-0.15, -0.1) is 0 Å². The molecule has 25 heavy (non-hydrogen) atoms. The van der Waals surface area contributed by atoms with Gasteiger partial charge in [0.1, 0.15) is 5.82 Å². The van der Waals surface area contributed by atoms with Crippen molar-refractivity contribution in [2.24, 2.45) is 0 Å². The van der Waals surface area contributed by atoms with Gasteiger partial charge in [0.05, 0.1) is 6.61 Å². The standard InChI is InChI=1S/C20H18N2O3/c1-3-25-20(24)17-13(2)21-19(22-17)16-11-9-15(10-12-16)18(23)14-7-5-4-6-8-14/h4-12H,3H2,1-2H3,(H,21,22). The number of imidazole rings is 1. The average Bonchev–Trinajstić information content (AvgIpc) is 3.04. The molecule has 0 saturated carbocycles. The molecule has 0 fully saturated rings. The van der Waals surface area contributed by atoms with Gasteiger partial charge in [0, 0.05) is 22.4 Å². The summed E-state index contributed by atoms with van der Waals surface area (Å²) in [5.74, 6) is 0.0904. The third-order valence-corrected chi connectivity index (χ3v) is 3.81. The van der Waals surface area contributed by atoms with E-state index in [-0.39, 0.29) is 11.5 Å². The second kappa shape index (κ2) is 7.13. The van der Waals surface area contributed by atoms with Gasteiger partial charge < -0.3 is 9.72 Å². The number of carbonyl (C=O) groups is 2. The molecule has 0 bridgehead atoms. The van der Waals surface area contributed by atoms with Crippen LogP contribution in [0.1, 0.15) is 39.0 Å². The Hall–Kier alpha value is -3.21. The highest BCUT2D eigenvalue weighted by atomic mass is 16.5. The molecule has 1 N–H and O–H groups in total. The van der Waals surface area contributed by atoms with Crippen molar-refractivity contribution in [2.45, 2.75) is 13.8 Å². The fourth-order valence-corrected chi connectivity index (χ4v) is 2.53. The van der Waals surface area contributed by atoms with Gasteiger partial charge in [0.2, 0.25) is 0 Å². The second-order valence-corrected chi connectivity index (χ2v) is 5.55. The zero-order valence-electron chi connectivity index (χ0n) is 14.1. The lowest BCUT2D eigenvalue weighted by Gasteiger charge is -2.02. The van der Waals surface area contributed by atoms with Gasteiger partial charge in [-0.05, 0) is 13.8 Å². The molecule has 1 aromatic heterocycles. The van der Waals surface area contributed by atoms with E-state index in [1.165, 1.54) is 0 Å². The van der Waals surface area contributed by atoms with Crippen molar-refractivity contribution in [2.75, 3.05) is 6.61 Å². The Balaban J connectivity index is 1.85. The maximum atomic E-state index is 12.4. The predicted octanol–water partition coefficient (Wildman–Crippen LogP) is 3.79. The molecule has 5 nitrogen and oxygen atoms in total. The number of esters is 1.